The Balaban J connectivity index is 2.23. The van der Waals surface area contributed by atoms with Crippen LogP contribution in [-0.4, -0.2) is 18.1 Å². The third-order valence-corrected chi connectivity index (χ3v) is 3.81. The summed E-state index contributed by atoms with van der Waals surface area (Å²) in [5.41, 5.74) is 2.93. The first kappa shape index (κ1) is 13.1. The maximum atomic E-state index is 11.6. The number of amides is 1. The van der Waals surface area contributed by atoms with E-state index in [0.29, 0.717) is 6.42 Å². The van der Waals surface area contributed by atoms with Gasteiger partial charge in [0.25, 0.3) is 0 Å². The van der Waals surface area contributed by atoms with Gasteiger partial charge in [0.2, 0.25) is 5.91 Å². The van der Waals surface area contributed by atoms with E-state index in [0.717, 1.165) is 29.7 Å². The first-order valence-corrected chi connectivity index (χ1v) is 6.62. The van der Waals surface area contributed by atoms with Gasteiger partial charge >= 0.3 is 0 Å². The van der Waals surface area contributed by atoms with Crippen molar-refractivity contribution in [3.8, 4) is 0 Å². The molecule has 1 aliphatic heterocycles. The second kappa shape index (κ2) is 5.11. The summed E-state index contributed by atoms with van der Waals surface area (Å²) in [6.07, 6.45) is 2.10. The quantitative estimate of drug-likeness (QED) is 0.888. The number of aliphatic hydroxyl groups excluding tert-OH is 1. The molecule has 3 heteroatoms. The zero-order valence-electron chi connectivity index (χ0n) is 11.3. The number of carbonyl (C=O) groups excluding carboxylic acids is 1. The molecule has 0 aliphatic carbocycles. The van der Waals surface area contributed by atoms with Crippen LogP contribution < -0.4 is 4.90 Å². The first-order valence-electron chi connectivity index (χ1n) is 6.62. The number of fused-ring (bicyclic) bond motifs is 1. The molecule has 2 rings (SSSR count). The topological polar surface area (TPSA) is 40.5 Å². The summed E-state index contributed by atoms with van der Waals surface area (Å²) < 4.78 is 0. The number of hydrogen-bond donors (Lipinski definition) is 1. The number of nitrogens with zero attached hydrogens (tertiary/aromatic N) is 1. The van der Waals surface area contributed by atoms with E-state index in [9.17, 15) is 9.90 Å². The van der Waals surface area contributed by atoms with Crippen LogP contribution in [0.2, 0.25) is 0 Å². The van der Waals surface area contributed by atoms with Gasteiger partial charge in [-0.3, -0.25) is 4.79 Å². The zero-order chi connectivity index (χ0) is 13.3. The van der Waals surface area contributed by atoms with Crippen molar-refractivity contribution in [2.75, 3.05) is 11.9 Å². The average Bonchev–Trinajstić information content (AvgIpc) is 2.64. The van der Waals surface area contributed by atoms with Crippen molar-refractivity contribution < 1.29 is 9.90 Å². The molecule has 0 bridgehead atoms. The molecule has 3 nitrogen and oxygen atoms in total. The molecule has 1 aliphatic rings. The van der Waals surface area contributed by atoms with E-state index in [1.165, 1.54) is 0 Å². The van der Waals surface area contributed by atoms with Crippen molar-refractivity contribution in [2.24, 2.45) is 5.92 Å². The van der Waals surface area contributed by atoms with Gasteiger partial charge in [0, 0.05) is 12.7 Å². The third kappa shape index (κ3) is 2.27. The van der Waals surface area contributed by atoms with Crippen molar-refractivity contribution in [3.05, 3.63) is 29.3 Å². The molecular weight excluding hydrogens is 226 g/mol. The van der Waals surface area contributed by atoms with Crippen molar-refractivity contribution in [3.63, 3.8) is 0 Å². The molecule has 1 N–H and O–H groups in total. The van der Waals surface area contributed by atoms with Gasteiger partial charge in [-0.2, -0.15) is 0 Å². The maximum Gasteiger partial charge on any atom is 0.231 e. The van der Waals surface area contributed by atoms with E-state index in [1.807, 2.05) is 18.2 Å². The van der Waals surface area contributed by atoms with Gasteiger partial charge in [0.05, 0.1) is 12.5 Å². The second-order valence-corrected chi connectivity index (χ2v) is 5.23. The normalized spacial score (nSPS) is 17.8. The summed E-state index contributed by atoms with van der Waals surface area (Å²) in [5, 5.41) is 10.3. The van der Waals surface area contributed by atoms with Gasteiger partial charge in [-0.15, -0.1) is 0 Å². The van der Waals surface area contributed by atoms with Crippen LogP contribution in [0.15, 0.2) is 18.2 Å². The molecule has 2 unspecified atom stereocenters. The summed E-state index contributed by atoms with van der Waals surface area (Å²) in [7, 11) is 1.80. The summed E-state index contributed by atoms with van der Waals surface area (Å²) >= 11 is 0. The van der Waals surface area contributed by atoms with Crippen molar-refractivity contribution in [1.82, 2.24) is 0 Å². The highest BCUT2D eigenvalue weighted by molar-refractivity contribution is 6.00. The fraction of sp³-hybridized carbons (Fsp3) is 0.533. The highest BCUT2D eigenvalue weighted by Gasteiger charge is 2.25. The number of aliphatic hydroxyl groups is 1. The lowest BCUT2D eigenvalue weighted by molar-refractivity contribution is -0.117. The Morgan fingerprint density at radius 1 is 1.44 bits per heavy atom. The lowest BCUT2D eigenvalue weighted by Crippen LogP contribution is -2.20. The van der Waals surface area contributed by atoms with Crippen LogP contribution in [0.4, 0.5) is 5.69 Å². The van der Waals surface area contributed by atoms with Crippen LogP contribution in [0.1, 0.15) is 43.9 Å². The molecule has 2 atom stereocenters. The lowest BCUT2D eigenvalue weighted by Gasteiger charge is -2.19. The Bertz CT molecular complexity index is 456. The number of anilines is 1. The van der Waals surface area contributed by atoms with Gasteiger partial charge in [0.1, 0.15) is 0 Å². The molecule has 1 aromatic rings. The van der Waals surface area contributed by atoms with Crippen molar-refractivity contribution in [1.29, 1.82) is 0 Å². The number of likely N-dealkylation sites (N-methyl/N-ethyl adjacent to an activating group) is 1. The van der Waals surface area contributed by atoms with Gasteiger partial charge in [-0.25, -0.2) is 0 Å². The molecule has 0 spiro atoms. The van der Waals surface area contributed by atoms with Crippen LogP contribution in [-0.2, 0) is 11.2 Å². The molecule has 1 aromatic carbocycles. The Labute approximate surface area is 108 Å². The molecule has 0 aromatic heterocycles. The Morgan fingerprint density at radius 2 is 2.17 bits per heavy atom. The summed E-state index contributed by atoms with van der Waals surface area (Å²) in [6.45, 7) is 4.19. The van der Waals surface area contributed by atoms with E-state index in [2.05, 4.69) is 13.8 Å². The second-order valence-electron chi connectivity index (χ2n) is 5.23. The highest BCUT2D eigenvalue weighted by atomic mass is 16.3. The molecule has 18 heavy (non-hydrogen) atoms. The first-order chi connectivity index (χ1) is 8.54. The van der Waals surface area contributed by atoms with Crippen LogP contribution in [0.25, 0.3) is 0 Å². The van der Waals surface area contributed by atoms with E-state index in [4.69, 9.17) is 0 Å². The summed E-state index contributed by atoms with van der Waals surface area (Å²) in [6, 6.07) is 5.86. The predicted octanol–water partition coefficient (Wildman–Crippen LogP) is 2.68. The highest BCUT2D eigenvalue weighted by Crippen LogP contribution is 2.32. The Hall–Kier alpha value is -1.35. The fourth-order valence-electron chi connectivity index (χ4n) is 2.62. The minimum Gasteiger partial charge on any atom is -0.388 e. The predicted molar refractivity (Wildman–Crippen MR) is 72.6 cm³/mol. The van der Waals surface area contributed by atoms with Crippen LogP contribution in [0.5, 0.6) is 0 Å². The van der Waals surface area contributed by atoms with E-state index < -0.39 is 6.10 Å². The standard InChI is InChI=1S/C15H21NO2/c1-4-5-10(2)15(18)11-6-7-13-12(8-11)9-14(17)16(13)3/h6-8,10,15,18H,4-5,9H2,1-3H3. The van der Waals surface area contributed by atoms with Crippen LogP contribution in [0.3, 0.4) is 0 Å². The molecule has 98 valence electrons. The van der Waals surface area contributed by atoms with Gasteiger partial charge < -0.3 is 10.0 Å². The van der Waals surface area contributed by atoms with Gasteiger partial charge in [0.15, 0.2) is 0 Å². The molecular formula is C15H21NO2. The minimum absolute atomic E-state index is 0.123. The van der Waals surface area contributed by atoms with Gasteiger partial charge in [-0.1, -0.05) is 32.4 Å². The maximum absolute atomic E-state index is 11.6. The monoisotopic (exact) mass is 247 g/mol. The Kier molecular flexibility index (Phi) is 3.71. The van der Waals surface area contributed by atoms with E-state index in [1.54, 1.807) is 11.9 Å². The summed E-state index contributed by atoms with van der Waals surface area (Å²) in [5.74, 6) is 0.376. The molecule has 0 saturated heterocycles. The Morgan fingerprint density at radius 3 is 2.83 bits per heavy atom. The SMILES string of the molecule is CCCC(C)C(O)c1ccc2c(c1)CC(=O)N2C. The number of rotatable bonds is 4. The minimum atomic E-state index is -0.434. The summed E-state index contributed by atoms with van der Waals surface area (Å²) in [4.78, 5) is 13.3. The average molecular weight is 247 g/mol. The molecule has 0 saturated carbocycles. The van der Waals surface area contributed by atoms with E-state index in [-0.39, 0.29) is 11.8 Å². The molecule has 1 heterocycles. The smallest absolute Gasteiger partial charge is 0.231 e. The third-order valence-electron chi connectivity index (χ3n) is 3.81. The van der Waals surface area contributed by atoms with Crippen molar-refractivity contribution >= 4 is 11.6 Å². The largest absolute Gasteiger partial charge is 0.388 e. The number of benzene rings is 1. The van der Waals surface area contributed by atoms with Gasteiger partial charge in [-0.05, 0) is 29.5 Å². The molecule has 0 fully saturated rings. The number of carbonyl (C=O) groups is 1. The fourth-order valence-corrected chi connectivity index (χ4v) is 2.62. The molecule has 1 amide bonds. The molecule has 0 radical (unpaired) electrons. The van der Waals surface area contributed by atoms with Crippen LogP contribution in [0, 0.1) is 5.92 Å². The van der Waals surface area contributed by atoms with E-state index >= 15 is 0 Å². The lowest BCUT2D eigenvalue weighted by atomic mass is 9.92. The van der Waals surface area contributed by atoms with Crippen LogP contribution >= 0.6 is 0 Å². The van der Waals surface area contributed by atoms with Crippen molar-refractivity contribution in [2.45, 2.75) is 39.2 Å². The zero-order valence-corrected chi connectivity index (χ0v) is 11.3. The number of hydrogen-bond acceptors (Lipinski definition) is 2.